The molecule has 7 nitrogen and oxygen atoms in total. The van der Waals surface area contributed by atoms with E-state index in [2.05, 4.69) is 16.0 Å². The number of carbonyl (C=O) groups is 2. The molecule has 0 fully saturated rings. The third kappa shape index (κ3) is 4.84. The third-order valence-electron chi connectivity index (χ3n) is 4.11. The van der Waals surface area contributed by atoms with Crippen molar-refractivity contribution in [2.45, 2.75) is 13.5 Å². The summed E-state index contributed by atoms with van der Waals surface area (Å²) in [7, 11) is 0. The number of nitrogens with zero attached hydrogens (tertiary/aromatic N) is 2. The number of aromatic nitrogens is 2. The summed E-state index contributed by atoms with van der Waals surface area (Å²) in [6.07, 6.45) is 6.29. The van der Waals surface area contributed by atoms with Crippen LogP contribution in [0.15, 0.2) is 83.7 Å². The lowest BCUT2D eigenvalue weighted by Crippen LogP contribution is -2.42. The first-order chi connectivity index (χ1) is 14.1. The van der Waals surface area contributed by atoms with E-state index in [1.54, 1.807) is 42.5 Å². The van der Waals surface area contributed by atoms with Crippen molar-refractivity contribution in [1.82, 2.24) is 20.6 Å². The maximum absolute atomic E-state index is 12.8. The fourth-order valence-corrected chi connectivity index (χ4v) is 2.74. The molecule has 1 heterocycles. The van der Waals surface area contributed by atoms with Crippen LogP contribution in [0.4, 0.5) is 0 Å². The molecule has 0 aliphatic carbocycles. The molecule has 0 spiro atoms. The van der Waals surface area contributed by atoms with Gasteiger partial charge in [-0.2, -0.15) is 5.10 Å². The van der Waals surface area contributed by atoms with Crippen LogP contribution in [0.2, 0.25) is 0 Å². The predicted molar refractivity (Wildman–Crippen MR) is 111 cm³/mol. The maximum atomic E-state index is 12.8. The summed E-state index contributed by atoms with van der Waals surface area (Å²) in [6.45, 7) is 2.05. The van der Waals surface area contributed by atoms with Crippen molar-refractivity contribution in [1.29, 1.82) is 0 Å². The van der Waals surface area contributed by atoms with E-state index in [-0.39, 0.29) is 17.8 Å². The molecule has 0 saturated heterocycles. The minimum atomic E-state index is -0.615. The topological polar surface area (TPSA) is 93.1 Å². The minimum Gasteiger partial charge on any atom is -0.268 e. The lowest BCUT2D eigenvalue weighted by molar-refractivity contribution is -0.117. The molecule has 3 rings (SSSR count). The van der Waals surface area contributed by atoms with Crippen molar-refractivity contribution in [2.24, 2.45) is 0 Å². The summed E-state index contributed by atoms with van der Waals surface area (Å²) in [5, 5.41) is 5.05. The van der Waals surface area contributed by atoms with Gasteiger partial charge in [-0.15, -0.1) is 0 Å². The molecule has 2 aromatic carbocycles. The summed E-state index contributed by atoms with van der Waals surface area (Å²) in [5.41, 5.74) is 5.28. The second-order valence-corrected chi connectivity index (χ2v) is 6.17. The Morgan fingerprint density at radius 3 is 2.38 bits per heavy atom. The highest BCUT2D eigenvalue weighted by Gasteiger charge is 2.17. The van der Waals surface area contributed by atoms with Crippen LogP contribution in [0.5, 0.6) is 0 Å². The fourth-order valence-electron chi connectivity index (χ4n) is 2.74. The molecule has 0 aliphatic heterocycles. The lowest BCUT2D eigenvalue weighted by Gasteiger charge is -2.11. The largest absolute Gasteiger partial charge is 0.290 e. The Bertz CT molecular complexity index is 1150. The zero-order valence-electron chi connectivity index (χ0n) is 15.8. The van der Waals surface area contributed by atoms with Gasteiger partial charge in [0.1, 0.15) is 0 Å². The Morgan fingerprint density at radius 2 is 1.66 bits per heavy atom. The van der Waals surface area contributed by atoms with Crippen molar-refractivity contribution in [3.8, 4) is 0 Å². The van der Waals surface area contributed by atoms with Crippen molar-refractivity contribution in [3.05, 3.63) is 101 Å². The van der Waals surface area contributed by atoms with Gasteiger partial charge in [0.25, 0.3) is 17.4 Å². The monoisotopic (exact) mass is 388 g/mol. The minimum absolute atomic E-state index is 0.0499. The summed E-state index contributed by atoms with van der Waals surface area (Å²) >= 11 is 0. The lowest BCUT2D eigenvalue weighted by atomic mass is 10.1. The number of benzene rings is 2. The normalized spacial score (nSPS) is 11.2. The molecular weight excluding hydrogens is 368 g/mol. The van der Waals surface area contributed by atoms with E-state index >= 15 is 0 Å². The molecule has 2 amide bonds. The first-order valence-corrected chi connectivity index (χ1v) is 9.03. The molecular formula is C22H20N4O3. The van der Waals surface area contributed by atoms with Crippen molar-refractivity contribution >= 4 is 22.6 Å². The number of allylic oxidation sites excluding steroid dienone is 3. The summed E-state index contributed by atoms with van der Waals surface area (Å²) in [5.74, 6) is -1.10. The van der Waals surface area contributed by atoms with Gasteiger partial charge >= 0.3 is 0 Å². The van der Waals surface area contributed by atoms with Crippen LogP contribution >= 0.6 is 0 Å². The van der Waals surface area contributed by atoms with Crippen LogP contribution < -0.4 is 16.4 Å². The number of hydrogen-bond acceptors (Lipinski definition) is 4. The van der Waals surface area contributed by atoms with E-state index < -0.39 is 11.8 Å². The smallest absolute Gasteiger partial charge is 0.268 e. The van der Waals surface area contributed by atoms with E-state index in [1.165, 1.54) is 10.8 Å². The molecule has 1 aromatic heterocycles. The number of carbonyl (C=O) groups excluding carboxylic acids is 2. The van der Waals surface area contributed by atoms with Gasteiger partial charge in [0.05, 0.1) is 11.9 Å². The van der Waals surface area contributed by atoms with Crippen LogP contribution in [-0.4, -0.2) is 21.6 Å². The first-order valence-electron chi connectivity index (χ1n) is 9.03. The second-order valence-electron chi connectivity index (χ2n) is 6.17. The van der Waals surface area contributed by atoms with Gasteiger partial charge in [-0.05, 0) is 18.6 Å². The van der Waals surface area contributed by atoms with Gasteiger partial charge in [-0.3, -0.25) is 25.2 Å². The van der Waals surface area contributed by atoms with Gasteiger partial charge in [-0.25, -0.2) is 4.68 Å². The van der Waals surface area contributed by atoms with Crippen LogP contribution in [0.1, 0.15) is 23.0 Å². The molecule has 0 radical (unpaired) electrons. The Labute approximate surface area is 167 Å². The Kier molecular flexibility index (Phi) is 6.32. The second kappa shape index (κ2) is 9.27. The average Bonchev–Trinajstić information content (AvgIpc) is 2.75. The fraction of sp³-hybridized carbons (Fsp3) is 0.0909. The molecule has 7 heteroatoms. The van der Waals surface area contributed by atoms with Crippen LogP contribution in [0.25, 0.3) is 10.8 Å². The predicted octanol–water partition coefficient (Wildman–Crippen LogP) is 2.34. The molecule has 0 unspecified atom stereocenters. The SMILES string of the molecule is C/C=C/C=C/C(=O)NNC(=O)c1nn(Cc2ccccc2)c(=O)c2ccccc12. The third-order valence-corrected chi connectivity index (χ3v) is 4.11. The van der Waals surface area contributed by atoms with Crippen molar-refractivity contribution in [2.75, 3.05) is 0 Å². The zero-order chi connectivity index (χ0) is 20.6. The van der Waals surface area contributed by atoms with E-state index in [0.717, 1.165) is 5.56 Å². The molecule has 0 saturated carbocycles. The standard InChI is InChI=1S/C22H20N4O3/c1-2-3-5-14-19(27)23-24-21(28)20-17-12-8-9-13-18(17)22(29)26(25-20)15-16-10-6-4-7-11-16/h2-14H,15H2,1H3,(H,23,27)(H,24,28)/b3-2+,14-5+. The Hall–Kier alpha value is -4.00. The van der Waals surface area contributed by atoms with Crippen molar-refractivity contribution in [3.63, 3.8) is 0 Å². The summed E-state index contributed by atoms with van der Waals surface area (Å²) < 4.78 is 1.25. The van der Waals surface area contributed by atoms with E-state index in [0.29, 0.717) is 10.8 Å². The maximum Gasteiger partial charge on any atom is 0.290 e. The molecule has 2 N–H and O–H groups in total. The van der Waals surface area contributed by atoms with Gasteiger partial charge < -0.3 is 0 Å². The number of nitrogens with one attached hydrogen (secondary N) is 2. The summed E-state index contributed by atoms with van der Waals surface area (Å²) in [4.78, 5) is 37.2. The highest BCUT2D eigenvalue weighted by atomic mass is 16.2. The molecule has 0 aliphatic rings. The number of rotatable bonds is 5. The number of hydrogen-bond donors (Lipinski definition) is 2. The number of hydrazine groups is 1. The Balaban J connectivity index is 1.92. The van der Waals surface area contributed by atoms with Crippen LogP contribution in [0.3, 0.4) is 0 Å². The van der Waals surface area contributed by atoms with Gasteiger partial charge in [-0.1, -0.05) is 66.8 Å². The first kappa shape index (κ1) is 19.8. The van der Waals surface area contributed by atoms with E-state index in [4.69, 9.17) is 0 Å². The van der Waals surface area contributed by atoms with E-state index in [9.17, 15) is 14.4 Å². The molecule has 29 heavy (non-hydrogen) atoms. The highest BCUT2D eigenvalue weighted by molar-refractivity contribution is 6.05. The zero-order valence-corrected chi connectivity index (χ0v) is 15.8. The quantitative estimate of drug-likeness (QED) is 0.399. The van der Waals surface area contributed by atoms with Crippen LogP contribution in [-0.2, 0) is 11.3 Å². The van der Waals surface area contributed by atoms with Crippen LogP contribution in [0, 0.1) is 0 Å². The molecule has 3 aromatic rings. The van der Waals surface area contributed by atoms with Gasteiger partial charge in [0.2, 0.25) is 0 Å². The van der Waals surface area contributed by atoms with Crippen molar-refractivity contribution < 1.29 is 9.59 Å². The molecule has 146 valence electrons. The van der Waals surface area contributed by atoms with Gasteiger partial charge in [0.15, 0.2) is 5.69 Å². The van der Waals surface area contributed by atoms with Gasteiger partial charge in [0, 0.05) is 11.5 Å². The Morgan fingerprint density at radius 1 is 0.966 bits per heavy atom. The number of fused-ring (bicyclic) bond motifs is 1. The molecule has 0 bridgehead atoms. The number of amides is 2. The highest BCUT2D eigenvalue weighted by Crippen LogP contribution is 2.13. The summed E-state index contributed by atoms with van der Waals surface area (Å²) in [6, 6.07) is 16.1. The van der Waals surface area contributed by atoms with E-state index in [1.807, 2.05) is 37.3 Å². The molecule has 0 atom stereocenters. The average molecular weight is 388 g/mol.